The van der Waals surface area contributed by atoms with E-state index < -0.39 is 9.04 Å². The van der Waals surface area contributed by atoms with Crippen molar-refractivity contribution in [3.8, 4) is 11.1 Å². The summed E-state index contributed by atoms with van der Waals surface area (Å²) >= 11 is 0. The summed E-state index contributed by atoms with van der Waals surface area (Å²) in [6.07, 6.45) is 6.00. The first-order valence-electron chi connectivity index (χ1n) is 13.1. The van der Waals surface area contributed by atoms with E-state index in [2.05, 4.69) is 93.4 Å². The number of hydrogen-bond acceptors (Lipinski definition) is 4. The molecule has 36 heavy (non-hydrogen) atoms. The number of rotatable bonds is 10. The molecule has 1 saturated heterocycles. The van der Waals surface area contributed by atoms with Crippen LogP contribution in [-0.2, 0) is 20.5 Å². The molecule has 2 aromatic carbocycles. The molecule has 0 N–H and O–H groups in total. The van der Waals surface area contributed by atoms with Gasteiger partial charge in [0, 0.05) is 24.4 Å². The van der Waals surface area contributed by atoms with Gasteiger partial charge in [-0.05, 0) is 59.7 Å². The Hall–Kier alpha value is -2.31. The molecule has 2 heterocycles. The molecule has 1 aliphatic heterocycles. The maximum atomic E-state index is 6.52. The van der Waals surface area contributed by atoms with Crippen LogP contribution in [0.2, 0.25) is 13.1 Å². The number of pyridine rings is 1. The highest BCUT2D eigenvalue weighted by Gasteiger charge is 2.40. The van der Waals surface area contributed by atoms with Gasteiger partial charge in [0.05, 0.1) is 25.4 Å². The lowest BCUT2D eigenvalue weighted by molar-refractivity contribution is 0.00657. The fourth-order valence-corrected chi connectivity index (χ4v) is 6.00. The van der Waals surface area contributed by atoms with Crippen molar-refractivity contribution in [3.63, 3.8) is 0 Å². The predicted octanol–water partition coefficient (Wildman–Crippen LogP) is 7.48. The van der Waals surface area contributed by atoms with E-state index in [1.54, 1.807) is 0 Å². The number of nitrogens with zero attached hydrogens (tertiary/aromatic N) is 1. The minimum absolute atomic E-state index is 0.00203. The fraction of sp³-hybridized carbons (Fsp3) is 0.452. The summed E-state index contributed by atoms with van der Waals surface area (Å²) in [5.74, 6) is 0.260. The first-order valence-corrected chi connectivity index (χ1v) is 15.5. The van der Waals surface area contributed by atoms with Crippen LogP contribution in [0.15, 0.2) is 79.1 Å². The van der Waals surface area contributed by atoms with Gasteiger partial charge in [-0.15, -0.1) is 0 Å². The van der Waals surface area contributed by atoms with Crippen molar-refractivity contribution in [3.05, 3.63) is 90.3 Å². The molecule has 1 aliphatic rings. The number of benzene rings is 2. The van der Waals surface area contributed by atoms with Crippen LogP contribution in [-0.4, -0.2) is 32.8 Å². The van der Waals surface area contributed by atoms with E-state index in [0.717, 1.165) is 18.4 Å². The molecule has 0 spiro atoms. The maximum absolute atomic E-state index is 6.52. The molecule has 4 nitrogen and oxygen atoms in total. The summed E-state index contributed by atoms with van der Waals surface area (Å²) in [6, 6.07) is 23.3. The Bertz CT molecular complexity index is 1050. The van der Waals surface area contributed by atoms with Crippen LogP contribution in [0.4, 0.5) is 0 Å². The van der Waals surface area contributed by atoms with Crippen LogP contribution in [0.3, 0.4) is 0 Å². The van der Waals surface area contributed by atoms with Crippen molar-refractivity contribution >= 4 is 9.04 Å². The minimum Gasteiger partial charge on any atom is -0.414 e. The molecule has 1 fully saturated rings. The van der Waals surface area contributed by atoms with Crippen molar-refractivity contribution < 1.29 is 13.9 Å². The molecule has 0 amide bonds. The lowest BCUT2D eigenvalue weighted by Crippen LogP contribution is -2.34. The molecule has 0 aliphatic carbocycles. The lowest BCUT2D eigenvalue weighted by Gasteiger charge is -2.34. The first kappa shape index (κ1) is 26.7. The Kier molecular flexibility index (Phi) is 9.13. The number of ether oxygens (including phenoxy) is 2. The average Bonchev–Trinajstić information content (AvgIpc) is 3.28. The summed E-state index contributed by atoms with van der Waals surface area (Å²) in [5.41, 5.74) is 4.86. The van der Waals surface area contributed by atoms with E-state index in [-0.39, 0.29) is 29.6 Å². The Labute approximate surface area is 218 Å². The van der Waals surface area contributed by atoms with Crippen LogP contribution < -0.4 is 0 Å². The van der Waals surface area contributed by atoms with Crippen LogP contribution in [0.1, 0.15) is 50.8 Å². The molecule has 0 bridgehead atoms. The van der Waals surface area contributed by atoms with Gasteiger partial charge in [-0.25, -0.2) is 0 Å². The third-order valence-corrected chi connectivity index (χ3v) is 7.71. The Morgan fingerprint density at radius 2 is 1.69 bits per heavy atom. The van der Waals surface area contributed by atoms with Crippen LogP contribution in [0, 0.1) is 11.3 Å². The summed E-state index contributed by atoms with van der Waals surface area (Å²) in [6.45, 7) is 12.4. The Morgan fingerprint density at radius 1 is 0.972 bits per heavy atom. The smallest absolute Gasteiger partial charge is 0.205 e. The average molecular weight is 503 g/mol. The van der Waals surface area contributed by atoms with Gasteiger partial charge in [0.2, 0.25) is 9.04 Å². The highest BCUT2D eigenvalue weighted by atomic mass is 28.3. The summed E-state index contributed by atoms with van der Waals surface area (Å²) in [4.78, 5) is 4.35. The SMILES string of the molecule is C[Si](C)OC(CC[C@@H]1[C@@H](OCc2ccc(-c3ccccc3)cc2)CO[C@@H]1c1cccnc1)C(C)(C)C. The zero-order chi connectivity index (χ0) is 25.5. The second-order valence-electron chi connectivity index (χ2n) is 11.1. The third-order valence-electron chi connectivity index (χ3n) is 6.95. The van der Waals surface area contributed by atoms with E-state index in [1.807, 2.05) is 24.5 Å². The normalized spacial score (nSPS) is 21.1. The summed E-state index contributed by atoms with van der Waals surface area (Å²) in [5, 5.41) is 0. The minimum atomic E-state index is -0.781. The van der Waals surface area contributed by atoms with Crippen LogP contribution in [0.5, 0.6) is 0 Å². The maximum Gasteiger partial charge on any atom is 0.205 e. The van der Waals surface area contributed by atoms with Gasteiger partial charge in [-0.2, -0.15) is 0 Å². The monoisotopic (exact) mass is 502 g/mol. The van der Waals surface area contributed by atoms with Gasteiger partial charge in [-0.1, -0.05) is 81.4 Å². The molecule has 4 atom stereocenters. The summed E-state index contributed by atoms with van der Waals surface area (Å²) < 4.78 is 19.3. The Balaban J connectivity index is 1.44. The molecule has 0 saturated carbocycles. The quantitative estimate of drug-likeness (QED) is 0.269. The predicted molar refractivity (Wildman–Crippen MR) is 148 cm³/mol. The molecule has 1 aromatic heterocycles. The lowest BCUT2D eigenvalue weighted by atomic mass is 9.82. The van der Waals surface area contributed by atoms with Crippen molar-refractivity contribution in [1.82, 2.24) is 4.98 Å². The largest absolute Gasteiger partial charge is 0.414 e. The second kappa shape index (κ2) is 12.3. The van der Waals surface area contributed by atoms with E-state index in [1.165, 1.54) is 16.7 Å². The molecule has 191 valence electrons. The molecule has 5 heteroatoms. The molecule has 4 rings (SSSR count). The van der Waals surface area contributed by atoms with E-state index in [9.17, 15) is 0 Å². The van der Waals surface area contributed by atoms with Gasteiger partial charge in [-0.3, -0.25) is 4.98 Å². The topological polar surface area (TPSA) is 40.6 Å². The van der Waals surface area contributed by atoms with Gasteiger partial charge >= 0.3 is 0 Å². The standard InChI is InChI=1S/C31H40NO3Si/c1-31(2,3)29(35-36(4)5)18-17-27-28(22-34-30(27)26-12-9-19-32-20-26)33-21-23-13-15-25(16-14-23)24-10-7-6-8-11-24/h6-16,19-20,27-30H,17-18,21-22H2,1-5H3/t27-,28+,29?,30-/m1/s1. The van der Waals surface area contributed by atoms with Gasteiger partial charge in [0.15, 0.2) is 0 Å². The van der Waals surface area contributed by atoms with Crippen LogP contribution in [0.25, 0.3) is 11.1 Å². The van der Waals surface area contributed by atoms with Crippen molar-refractivity contribution in [2.24, 2.45) is 11.3 Å². The van der Waals surface area contributed by atoms with Crippen molar-refractivity contribution in [2.45, 2.75) is 71.6 Å². The van der Waals surface area contributed by atoms with Crippen molar-refractivity contribution in [2.75, 3.05) is 6.61 Å². The van der Waals surface area contributed by atoms with Gasteiger partial charge in [0.25, 0.3) is 0 Å². The van der Waals surface area contributed by atoms with Crippen LogP contribution >= 0.6 is 0 Å². The van der Waals surface area contributed by atoms with E-state index >= 15 is 0 Å². The number of aromatic nitrogens is 1. The van der Waals surface area contributed by atoms with Gasteiger partial charge < -0.3 is 13.9 Å². The summed E-state index contributed by atoms with van der Waals surface area (Å²) in [7, 11) is -0.781. The van der Waals surface area contributed by atoms with Crippen molar-refractivity contribution in [1.29, 1.82) is 0 Å². The molecule has 1 radical (unpaired) electrons. The highest BCUT2D eigenvalue weighted by Crippen LogP contribution is 2.41. The second-order valence-corrected chi connectivity index (χ2v) is 13.1. The zero-order valence-electron chi connectivity index (χ0n) is 22.3. The first-order chi connectivity index (χ1) is 17.3. The zero-order valence-corrected chi connectivity index (χ0v) is 23.3. The molecule has 1 unspecified atom stereocenters. The third kappa shape index (κ3) is 7.13. The number of hydrogen-bond donors (Lipinski definition) is 0. The molecule has 3 aromatic rings. The van der Waals surface area contributed by atoms with Gasteiger partial charge in [0.1, 0.15) is 0 Å². The molecular formula is C31H40NO3Si. The Morgan fingerprint density at radius 3 is 2.33 bits per heavy atom. The fourth-order valence-electron chi connectivity index (χ4n) is 4.96. The van der Waals surface area contributed by atoms with E-state index in [4.69, 9.17) is 13.9 Å². The van der Waals surface area contributed by atoms with E-state index in [0.29, 0.717) is 13.2 Å². The highest BCUT2D eigenvalue weighted by molar-refractivity contribution is 6.48. The molecular weight excluding hydrogens is 462 g/mol.